The minimum Gasteiger partial charge on any atom is -0.296 e. The van der Waals surface area contributed by atoms with Gasteiger partial charge in [-0.3, -0.25) is 4.84 Å². The van der Waals surface area contributed by atoms with Gasteiger partial charge in [-0.25, -0.2) is 0 Å². The molecule has 0 saturated carbocycles. The molecule has 90 valence electrons. The van der Waals surface area contributed by atoms with Gasteiger partial charge in [-0.05, 0) is 34.4 Å². The molecule has 0 aliphatic carbocycles. The lowest BCUT2D eigenvalue weighted by atomic mass is 10.1. The van der Waals surface area contributed by atoms with E-state index in [1.165, 1.54) is 11.1 Å². The van der Waals surface area contributed by atoms with Crippen LogP contribution >= 0.6 is 11.3 Å². The number of rotatable bonds is 6. The third kappa shape index (κ3) is 3.66. The van der Waals surface area contributed by atoms with Crippen molar-refractivity contribution in [2.45, 2.75) is 26.0 Å². The predicted octanol–water partition coefficient (Wildman–Crippen LogP) is 3.92. The Kier molecular flexibility index (Phi) is 4.74. The molecule has 0 fully saturated rings. The van der Waals surface area contributed by atoms with Crippen LogP contribution in [0.15, 0.2) is 47.2 Å². The minimum absolute atomic E-state index is 0.282. The SMILES string of the molecule is CCC(NOCc1ccccc1)c1ccsc1. The third-order valence-electron chi connectivity index (χ3n) is 2.66. The van der Waals surface area contributed by atoms with E-state index in [1.54, 1.807) is 11.3 Å². The highest BCUT2D eigenvalue weighted by molar-refractivity contribution is 7.07. The summed E-state index contributed by atoms with van der Waals surface area (Å²) in [5, 5.41) is 4.25. The summed E-state index contributed by atoms with van der Waals surface area (Å²) in [7, 11) is 0. The van der Waals surface area contributed by atoms with Gasteiger partial charge in [0.15, 0.2) is 0 Å². The quantitative estimate of drug-likeness (QED) is 0.781. The molecule has 0 radical (unpaired) electrons. The van der Waals surface area contributed by atoms with Crippen molar-refractivity contribution in [1.82, 2.24) is 5.48 Å². The fourth-order valence-corrected chi connectivity index (χ4v) is 2.37. The van der Waals surface area contributed by atoms with Crippen LogP contribution in [0.4, 0.5) is 0 Å². The maximum atomic E-state index is 5.55. The van der Waals surface area contributed by atoms with Crippen molar-refractivity contribution in [1.29, 1.82) is 0 Å². The largest absolute Gasteiger partial charge is 0.296 e. The molecule has 0 amide bonds. The molecule has 2 aromatic rings. The van der Waals surface area contributed by atoms with Crippen LogP contribution in [0.5, 0.6) is 0 Å². The average molecular weight is 247 g/mol. The zero-order valence-corrected chi connectivity index (χ0v) is 10.7. The van der Waals surface area contributed by atoms with Crippen molar-refractivity contribution in [2.75, 3.05) is 0 Å². The molecule has 1 aromatic heterocycles. The minimum atomic E-state index is 0.282. The van der Waals surface area contributed by atoms with Crippen LogP contribution in [-0.2, 0) is 11.4 Å². The van der Waals surface area contributed by atoms with Gasteiger partial charge >= 0.3 is 0 Å². The Morgan fingerprint density at radius 2 is 2.06 bits per heavy atom. The molecule has 3 heteroatoms. The molecular weight excluding hydrogens is 230 g/mol. The Bertz CT molecular complexity index is 413. The number of nitrogens with one attached hydrogen (secondary N) is 1. The van der Waals surface area contributed by atoms with Gasteiger partial charge in [0.25, 0.3) is 0 Å². The molecule has 1 N–H and O–H groups in total. The fraction of sp³-hybridized carbons (Fsp3) is 0.286. The number of hydrogen-bond donors (Lipinski definition) is 1. The van der Waals surface area contributed by atoms with Crippen molar-refractivity contribution >= 4 is 11.3 Å². The van der Waals surface area contributed by atoms with Crippen molar-refractivity contribution in [3.05, 3.63) is 58.3 Å². The molecule has 0 aliphatic heterocycles. The summed E-state index contributed by atoms with van der Waals surface area (Å²) >= 11 is 1.72. The first kappa shape index (κ1) is 12.3. The molecule has 0 bridgehead atoms. The molecule has 1 unspecified atom stereocenters. The van der Waals surface area contributed by atoms with Gasteiger partial charge in [0.1, 0.15) is 0 Å². The Hall–Kier alpha value is -1.16. The second kappa shape index (κ2) is 6.55. The standard InChI is InChI=1S/C14H17NOS/c1-2-14(13-8-9-17-11-13)15-16-10-12-6-4-3-5-7-12/h3-9,11,14-15H,2,10H2,1H3. The Balaban J connectivity index is 1.81. The summed E-state index contributed by atoms with van der Waals surface area (Å²) in [6, 6.07) is 12.6. The van der Waals surface area contributed by atoms with Crippen LogP contribution in [0.1, 0.15) is 30.5 Å². The molecule has 0 aliphatic rings. The van der Waals surface area contributed by atoms with E-state index < -0.39 is 0 Å². The second-order valence-electron chi connectivity index (χ2n) is 3.91. The van der Waals surface area contributed by atoms with Crippen molar-refractivity contribution in [2.24, 2.45) is 0 Å². The van der Waals surface area contributed by atoms with E-state index in [1.807, 2.05) is 18.2 Å². The summed E-state index contributed by atoms with van der Waals surface area (Å²) < 4.78 is 0. The number of hydroxylamine groups is 1. The molecule has 2 nitrogen and oxygen atoms in total. The van der Waals surface area contributed by atoms with Crippen LogP contribution in [0.3, 0.4) is 0 Å². The number of thiophene rings is 1. The molecular formula is C14H17NOS. The van der Waals surface area contributed by atoms with E-state index in [9.17, 15) is 0 Å². The summed E-state index contributed by atoms with van der Waals surface area (Å²) in [4.78, 5) is 5.55. The predicted molar refractivity (Wildman–Crippen MR) is 71.7 cm³/mol. The lowest BCUT2D eigenvalue weighted by Crippen LogP contribution is -2.20. The molecule has 0 spiro atoms. The monoisotopic (exact) mass is 247 g/mol. The summed E-state index contributed by atoms with van der Waals surface area (Å²) in [6.45, 7) is 2.75. The van der Waals surface area contributed by atoms with Gasteiger partial charge in [-0.2, -0.15) is 16.8 Å². The smallest absolute Gasteiger partial charge is 0.0933 e. The highest BCUT2D eigenvalue weighted by Crippen LogP contribution is 2.19. The van der Waals surface area contributed by atoms with E-state index >= 15 is 0 Å². The van der Waals surface area contributed by atoms with Crippen molar-refractivity contribution < 1.29 is 4.84 Å². The first-order valence-electron chi connectivity index (χ1n) is 5.83. The molecule has 2 rings (SSSR count). The number of hydrogen-bond acceptors (Lipinski definition) is 3. The van der Waals surface area contributed by atoms with Crippen LogP contribution in [-0.4, -0.2) is 0 Å². The van der Waals surface area contributed by atoms with Crippen LogP contribution in [0.2, 0.25) is 0 Å². The Morgan fingerprint density at radius 1 is 1.24 bits per heavy atom. The Morgan fingerprint density at radius 3 is 2.71 bits per heavy atom. The van der Waals surface area contributed by atoms with Crippen molar-refractivity contribution in [3.8, 4) is 0 Å². The third-order valence-corrected chi connectivity index (χ3v) is 3.36. The first-order valence-corrected chi connectivity index (χ1v) is 6.77. The average Bonchev–Trinajstić information content (AvgIpc) is 2.90. The highest BCUT2D eigenvalue weighted by atomic mass is 32.1. The van der Waals surface area contributed by atoms with Gasteiger partial charge in [-0.15, -0.1) is 0 Å². The molecule has 0 saturated heterocycles. The maximum absolute atomic E-state index is 5.55. The number of benzene rings is 1. The van der Waals surface area contributed by atoms with Crippen LogP contribution < -0.4 is 5.48 Å². The van der Waals surface area contributed by atoms with Gasteiger partial charge < -0.3 is 0 Å². The van der Waals surface area contributed by atoms with Gasteiger partial charge in [-0.1, -0.05) is 37.3 Å². The van der Waals surface area contributed by atoms with Gasteiger partial charge in [0.05, 0.1) is 12.6 Å². The molecule has 1 heterocycles. The Labute approximate surface area is 106 Å². The normalized spacial score (nSPS) is 12.5. The first-order chi connectivity index (χ1) is 8.40. The van der Waals surface area contributed by atoms with E-state index in [4.69, 9.17) is 4.84 Å². The molecule has 1 aromatic carbocycles. The highest BCUT2D eigenvalue weighted by Gasteiger charge is 2.08. The zero-order chi connectivity index (χ0) is 11.9. The second-order valence-corrected chi connectivity index (χ2v) is 4.69. The van der Waals surface area contributed by atoms with Crippen LogP contribution in [0, 0.1) is 0 Å². The van der Waals surface area contributed by atoms with Gasteiger partial charge in [0, 0.05) is 0 Å². The van der Waals surface area contributed by atoms with E-state index in [0.717, 1.165) is 6.42 Å². The summed E-state index contributed by atoms with van der Waals surface area (Å²) in [5.41, 5.74) is 5.60. The summed E-state index contributed by atoms with van der Waals surface area (Å²) in [5.74, 6) is 0. The molecule has 17 heavy (non-hydrogen) atoms. The lowest BCUT2D eigenvalue weighted by Gasteiger charge is -2.15. The lowest BCUT2D eigenvalue weighted by molar-refractivity contribution is 0.00212. The van der Waals surface area contributed by atoms with Crippen LogP contribution in [0.25, 0.3) is 0 Å². The molecule has 1 atom stereocenters. The summed E-state index contributed by atoms with van der Waals surface area (Å²) in [6.07, 6.45) is 1.02. The topological polar surface area (TPSA) is 21.3 Å². The van der Waals surface area contributed by atoms with Crippen molar-refractivity contribution in [3.63, 3.8) is 0 Å². The van der Waals surface area contributed by atoms with E-state index in [2.05, 4.69) is 41.4 Å². The fourth-order valence-electron chi connectivity index (χ4n) is 1.66. The van der Waals surface area contributed by atoms with E-state index in [-0.39, 0.29) is 6.04 Å². The zero-order valence-electron chi connectivity index (χ0n) is 9.93. The van der Waals surface area contributed by atoms with Gasteiger partial charge in [0.2, 0.25) is 0 Å². The maximum Gasteiger partial charge on any atom is 0.0933 e. The van der Waals surface area contributed by atoms with E-state index in [0.29, 0.717) is 6.61 Å².